The van der Waals surface area contributed by atoms with Gasteiger partial charge in [0.25, 0.3) is 5.91 Å². The second-order valence-corrected chi connectivity index (χ2v) is 6.55. The number of amides is 1. The Kier molecular flexibility index (Phi) is 6.64. The van der Waals surface area contributed by atoms with Gasteiger partial charge in [0.15, 0.2) is 5.82 Å². The molecule has 0 radical (unpaired) electrons. The van der Waals surface area contributed by atoms with Crippen LogP contribution in [0.3, 0.4) is 0 Å². The molecule has 2 aromatic rings. The highest BCUT2D eigenvalue weighted by Crippen LogP contribution is 2.35. The number of carboxylic acids is 1. The number of nitrogens with zero attached hydrogens (tertiary/aromatic N) is 2. The molecule has 0 spiro atoms. The molecule has 140 valence electrons. The van der Waals surface area contributed by atoms with Crippen LogP contribution in [0.1, 0.15) is 33.9 Å². The number of rotatable bonds is 9. The molecule has 0 aliphatic heterocycles. The Bertz CT molecular complexity index is 833. The maximum atomic E-state index is 12.6. The number of ether oxygens (including phenoxy) is 2. The van der Waals surface area contributed by atoms with Crippen LogP contribution < -0.4 is 10.1 Å². The van der Waals surface area contributed by atoms with E-state index in [1.165, 1.54) is 25.6 Å². The molecule has 1 amide bonds. The number of nitrogens with one attached hydrogen (secondary N) is 1. The molecule has 0 saturated heterocycles. The van der Waals surface area contributed by atoms with Gasteiger partial charge in [0.05, 0.1) is 17.4 Å². The predicted octanol–water partition coefficient (Wildman–Crippen LogP) is 2.30. The van der Waals surface area contributed by atoms with Crippen LogP contribution in [0.25, 0.3) is 10.2 Å². The maximum absolute atomic E-state index is 12.6. The third-order valence-electron chi connectivity index (χ3n) is 3.74. The Morgan fingerprint density at radius 2 is 2.12 bits per heavy atom. The molecule has 8 nitrogen and oxygen atoms in total. The second kappa shape index (κ2) is 8.72. The van der Waals surface area contributed by atoms with Crippen LogP contribution in [-0.4, -0.2) is 47.2 Å². The standard InChI is InChI=1S/C17H21N3O5S/c1-5-6-7-10(17(22)23)18-14(21)13-9(2)12-15(25-4)19-11(8-24-3)20-16(12)26-13/h5,10H,1,6-8H2,2-4H3,(H,18,21)(H,22,23). The summed E-state index contributed by atoms with van der Waals surface area (Å²) in [6, 6.07) is -0.984. The first-order valence-corrected chi connectivity index (χ1v) is 8.72. The Balaban J connectivity index is 2.39. The van der Waals surface area contributed by atoms with Gasteiger partial charge in [0, 0.05) is 7.11 Å². The first-order valence-electron chi connectivity index (χ1n) is 7.90. The van der Waals surface area contributed by atoms with Gasteiger partial charge in [-0.3, -0.25) is 4.79 Å². The van der Waals surface area contributed by atoms with Gasteiger partial charge in [-0.1, -0.05) is 6.08 Å². The summed E-state index contributed by atoms with van der Waals surface area (Å²) in [6.07, 6.45) is 2.38. The molecular formula is C17H21N3O5S. The topological polar surface area (TPSA) is 111 Å². The van der Waals surface area contributed by atoms with Crippen LogP contribution in [0.15, 0.2) is 12.7 Å². The van der Waals surface area contributed by atoms with Crippen molar-refractivity contribution in [1.82, 2.24) is 15.3 Å². The lowest BCUT2D eigenvalue weighted by molar-refractivity contribution is -0.139. The lowest BCUT2D eigenvalue weighted by Crippen LogP contribution is -2.40. The van der Waals surface area contributed by atoms with Crippen molar-refractivity contribution >= 4 is 33.4 Å². The normalized spacial score (nSPS) is 12.0. The Morgan fingerprint density at radius 3 is 2.69 bits per heavy atom. The number of hydrogen-bond donors (Lipinski definition) is 2. The molecule has 1 unspecified atom stereocenters. The summed E-state index contributed by atoms with van der Waals surface area (Å²) in [7, 11) is 3.03. The highest BCUT2D eigenvalue weighted by atomic mass is 32.1. The summed E-state index contributed by atoms with van der Waals surface area (Å²) in [6.45, 7) is 5.55. The van der Waals surface area contributed by atoms with E-state index in [9.17, 15) is 14.7 Å². The van der Waals surface area contributed by atoms with Crippen LogP contribution in [0.4, 0.5) is 0 Å². The van der Waals surface area contributed by atoms with Crippen molar-refractivity contribution in [3.8, 4) is 5.88 Å². The molecule has 0 fully saturated rings. The lowest BCUT2D eigenvalue weighted by Gasteiger charge is -2.13. The number of allylic oxidation sites excluding steroid dienone is 1. The van der Waals surface area contributed by atoms with Crippen molar-refractivity contribution in [2.75, 3.05) is 14.2 Å². The van der Waals surface area contributed by atoms with Crippen molar-refractivity contribution in [1.29, 1.82) is 0 Å². The van der Waals surface area contributed by atoms with E-state index in [0.717, 1.165) is 0 Å². The highest BCUT2D eigenvalue weighted by molar-refractivity contribution is 7.20. The minimum Gasteiger partial charge on any atom is -0.480 e. The zero-order valence-electron chi connectivity index (χ0n) is 14.9. The van der Waals surface area contributed by atoms with Gasteiger partial charge in [-0.25, -0.2) is 9.78 Å². The van der Waals surface area contributed by atoms with Crippen LogP contribution in [0.2, 0.25) is 0 Å². The molecule has 9 heteroatoms. The number of aromatic nitrogens is 2. The summed E-state index contributed by atoms with van der Waals surface area (Å²) < 4.78 is 10.4. The van der Waals surface area contributed by atoms with Crippen molar-refractivity contribution in [3.05, 3.63) is 28.9 Å². The van der Waals surface area contributed by atoms with Gasteiger partial charge in [-0.2, -0.15) is 4.98 Å². The number of carbonyl (C=O) groups excluding carboxylic acids is 1. The lowest BCUT2D eigenvalue weighted by atomic mass is 10.1. The summed E-state index contributed by atoms with van der Waals surface area (Å²) in [5.74, 6) is -0.744. The second-order valence-electron chi connectivity index (χ2n) is 5.55. The summed E-state index contributed by atoms with van der Waals surface area (Å²) in [5, 5.41) is 12.5. The van der Waals surface area contributed by atoms with Gasteiger partial charge in [0.1, 0.15) is 17.5 Å². The summed E-state index contributed by atoms with van der Waals surface area (Å²) in [5.41, 5.74) is 0.649. The van der Waals surface area contributed by atoms with Crippen LogP contribution in [0.5, 0.6) is 5.88 Å². The van der Waals surface area contributed by atoms with Crippen molar-refractivity contribution < 1.29 is 24.2 Å². The molecular weight excluding hydrogens is 358 g/mol. The number of thiophene rings is 1. The Hall–Kier alpha value is -2.52. The predicted molar refractivity (Wildman–Crippen MR) is 97.7 cm³/mol. The molecule has 2 rings (SSSR count). The molecule has 0 saturated carbocycles. The van der Waals surface area contributed by atoms with Crippen molar-refractivity contribution in [2.45, 2.75) is 32.4 Å². The average Bonchev–Trinajstić information content (AvgIpc) is 2.94. The third-order valence-corrected chi connectivity index (χ3v) is 4.92. The first-order chi connectivity index (χ1) is 12.4. The van der Waals surface area contributed by atoms with Crippen LogP contribution >= 0.6 is 11.3 Å². The van der Waals surface area contributed by atoms with Gasteiger partial charge in [-0.05, 0) is 25.3 Å². The zero-order valence-corrected chi connectivity index (χ0v) is 15.7. The fraction of sp³-hybridized carbons (Fsp3) is 0.412. The number of fused-ring (bicyclic) bond motifs is 1. The Labute approximate surface area is 154 Å². The quantitative estimate of drug-likeness (QED) is 0.643. The average molecular weight is 379 g/mol. The summed E-state index contributed by atoms with van der Waals surface area (Å²) in [4.78, 5) is 33.6. The van der Waals surface area contributed by atoms with Gasteiger partial charge in [0.2, 0.25) is 5.88 Å². The molecule has 0 aliphatic rings. The van der Waals surface area contributed by atoms with E-state index in [4.69, 9.17) is 9.47 Å². The molecule has 0 bridgehead atoms. The number of carboxylic acid groups (broad SMARTS) is 1. The number of hydrogen-bond acceptors (Lipinski definition) is 7. The molecule has 2 N–H and O–H groups in total. The largest absolute Gasteiger partial charge is 0.480 e. The molecule has 0 aromatic carbocycles. The van der Waals surface area contributed by atoms with Gasteiger partial charge >= 0.3 is 5.97 Å². The zero-order chi connectivity index (χ0) is 19.3. The SMILES string of the molecule is C=CCCC(NC(=O)c1sc2nc(COC)nc(OC)c2c1C)C(=O)O. The van der Waals surface area contributed by atoms with E-state index in [0.29, 0.717) is 38.8 Å². The minimum absolute atomic E-state index is 0.216. The fourth-order valence-electron chi connectivity index (χ4n) is 2.47. The van der Waals surface area contributed by atoms with Crippen LogP contribution in [0, 0.1) is 6.92 Å². The number of aliphatic carboxylic acids is 1. The van der Waals surface area contributed by atoms with Crippen LogP contribution in [-0.2, 0) is 16.1 Å². The molecule has 26 heavy (non-hydrogen) atoms. The Morgan fingerprint density at radius 1 is 1.38 bits per heavy atom. The first kappa shape index (κ1) is 19.8. The third kappa shape index (κ3) is 4.17. The smallest absolute Gasteiger partial charge is 0.326 e. The molecule has 1 atom stereocenters. The van der Waals surface area contributed by atoms with E-state index in [2.05, 4.69) is 21.9 Å². The maximum Gasteiger partial charge on any atom is 0.326 e. The van der Waals surface area contributed by atoms with Crippen molar-refractivity contribution in [2.24, 2.45) is 0 Å². The molecule has 0 aliphatic carbocycles. The summed E-state index contributed by atoms with van der Waals surface area (Å²) >= 11 is 1.17. The highest BCUT2D eigenvalue weighted by Gasteiger charge is 2.25. The number of aryl methyl sites for hydroxylation is 1. The van der Waals surface area contributed by atoms with E-state index in [-0.39, 0.29) is 13.0 Å². The minimum atomic E-state index is -1.08. The van der Waals surface area contributed by atoms with Gasteiger partial charge in [-0.15, -0.1) is 17.9 Å². The molecule has 2 aromatic heterocycles. The van der Waals surface area contributed by atoms with Crippen molar-refractivity contribution in [3.63, 3.8) is 0 Å². The van der Waals surface area contributed by atoms with E-state index < -0.39 is 17.9 Å². The molecule has 2 heterocycles. The fourth-order valence-corrected chi connectivity index (χ4v) is 3.56. The van der Waals surface area contributed by atoms with E-state index in [1.54, 1.807) is 13.0 Å². The van der Waals surface area contributed by atoms with E-state index in [1.807, 2.05) is 0 Å². The number of carbonyl (C=O) groups is 2. The van der Waals surface area contributed by atoms with Gasteiger partial charge < -0.3 is 19.9 Å². The van der Waals surface area contributed by atoms with E-state index >= 15 is 0 Å². The monoisotopic (exact) mass is 379 g/mol. The number of methoxy groups -OCH3 is 2.